The first-order valence-corrected chi connectivity index (χ1v) is 10.5. The Morgan fingerprint density at radius 3 is 2.58 bits per heavy atom. The number of aromatic nitrogens is 1. The zero-order chi connectivity index (χ0) is 21.7. The van der Waals surface area contributed by atoms with Gasteiger partial charge in [0.05, 0.1) is 27.0 Å². The summed E-state index contributed by atoms with van der Waals surface area (Å²) in [7, 11) is 0. The molecule has 0 saturated heterocycles. The maximum atomic E-state index is 13.5. The molecule has 0 N–H and O–H groups in total. The zero-order valence-electron chi connectivity index (χ0n) is 15.8. The molecule has 0 aliphatic carbocycles. The third kappa shape index (κ3) is 3.39. The molecule has 5 nitrogen and oxygen atoms in total. The van der Waals surface area contributed by atoms with Crippen molar-refractivity contribution in [3.8, 4) is 0 Å². The molecule has 1 unspecified atom stereocenters. The van der Waals surface area contributed by atoms with Gasteiger partial charge in [-0.3, -0.25) is 14.6 Å². The predicted octanol–water partition coefficient (Wildman–Crippen LogP) is 5.89. The van der Waals surface area contributed by atoms with Crippen LogP contribution in [0, 0.1) is 0 Å². The molecule has 0 radical (unpaired) electrons. The van der Waals surface area contributed by atoms with E-state index in [1.807, 2.05) is 6.07 Å². The van der Waals surface area contributed by atoms with E-state index in [9.17, 15) is 9.59 Å². The molecule has 2 aromatic carbocycles. The molecule has 2 aromatic heterocycles. The highest BCUT2D eigenvalue weighted by atomic mass is 35.5. The van der Waals surface area contributed by atoms with Crippen LogP contribution < -0.4 is 5.43 Å². The molecule has 1 atom stereocenters. The highest BCUT2D eigenvalue weighted by Crippen LogP contribution is 2.40. The van der Waals surface area contributed by atoms with Gasteiger partial charge in [-0.1, -0.05) is 46.9 Å². The van der Waals surface area contributed by atoms with Crippen LogP contribution in [0.1, 0.15) is 33.3 Å². The summed E-state index contributed by atoms with van der Waals surface area (Å²) >= 11 is 18.4. The number of carbonyl (C=O) groups is 1. The Balaban J connectivity index is 1.75. The highest BCUT2D eigenvalue weighted by Gasteiger charge is 2.42. The van der Waals surface area contributed by atoms with E-state index in [2.05, 4.69) is 4.98 Å². The van der Waals surface area contributed by atoms with Gasteiger partial charge in [0.25, 0.3) is 5.91 Å². The largest absolute Gasteiger partial charge is 0.450 e. The Kier molecular flexibility index (Phi) is 4.97. The van der Waals surface area contributed by atoms with Gasteiger partial charge in [0, 0.05) is 24.0 Å². The van der Waals surface area contributed by atoms with Gasteiger partial charge in [-0.2, -0.15) is 0 Å². The molecule has 0 fully saturated rings. The SMILES string of the molecule is O=C1c2oc3ccc(Cl)cc3c(=O)c2C(c2ccc(Cl)c(Cl)c2)N1Cc1cccnc1. The van der Waals surface area contributed by atoms with Gasteiger partial charge in [-0.05, 0) is 47.5 Å². The summed E-state index contributed by atoms with van der Waals surface area (Å²) in [4.78, 5) is 32.6. The molecule has 31 heavy (non-hydrogen) atoms. The van der Waals surface area contributed by atoms with Gasteiger partial charge in [0.2, 0.25) is 5.76 Å². The van der Waals surface area contributed by atoms with Gasteiger partial charge in [0.15, 0.2) is 5.43 Å². The molecule has 0 saturated carbocycles. The van der Waals surface area contributed by atoms with Crippen LogP contribution in [0.15, 0.2) is 70.1 Å². The van der Waals surface area contributed by atoms with E-state index < -0.39 is 6.04 Å². The number of amides is 1. The van der Waals surface area contributed by atoms with Gasteiger partial charge < -0.3 is 9.32 Å². The number of rotatable bonds is 3. The van der Waals surface area contributed by atoms with Crippen LogP contribution in [0.25, 0.3) is 11.0 Å². The average molecular weight is 472 g/mol. The van der Waals surface area contributed by atoms with Crippen LogP contribution in [-0.4, -0.2) is 15.8 Å². The van der Waals surface area contributed by atoms with E-state index >= 15 is 0 Å². The van der Waals surface area contributed by atoms with E-state index in [1.54, 1.807) is 59.8 Å². The van der Waals surface area contributed by atoms with E-state index in [0.717, 1.165) is 5.56 Å². The van der Waals surface area contributed by atoms with Crippen molar-refractivity contribution in [1.82, 2.24) is 9.88 Å². The second kappa shape index (κ2) is 7.68. The van der Waals surface area contributed by atoms with Crippen LogP contribution in [-0.2, 0) is 6.54 Å². The minimum atomic E-state index is -0.697. The van der Waals surface area contributed by atoms with E-state index in [-0.39, 0.29) is 29.2 Å². The van der Waals surface area contributed by atoms with Crippen LogP contribution in [0.2, 0.25) is 15.1 Å². The lowest BCUT2D eigenvalue weighted by atomic mass is 9.98. The molecule has 0 spiro atoms. The lowest BCUT2D eigenvalue weighted by molar-refractivity contribution is 0.0714. The van der Waals surface area contributed by atoms with Crippen molar-refractivity contribution >= 4 is 51.7 Å². The maximum Gasteiger partial charge on any atom is 0.291 e. The Bertz CT molecular complexity index is 1400. The Morgan fingerprint density at radius 1 is 1.00 bits per heavy atom. The predicted molar refractivity (Wildman–Crippen MR) is 120 cm³/mol. The first-order valence-electron chi connectivity index (χ1n) is 9.35. The first kappa shape index (κ1) is 20.1. The summed E-state index contributed by atoms with van der Waals surface area (Å²) in [5.41, 5.74) is 1.71. The molecule has 4 aromatic rings. The number of halogens is 3. The summed E-state index contributed by atoms with van der Waals surface area (Å²) in [6, 6.07) is 12.8. The summed E-state index contributed by atoms with van der Waals surface area (Å²) in [6.07, 6.45) is 3.33. The lowest BCUT2D eigenvalue weighted by Gasteiger charge is -2.25. The summed E-state index contributed by atoms with van der Waals surface area (Å²) in [5, 5.41) is 1.43. The second-order valence-corrected chi connectivity index (χ2v) is 8.44. The fraction of sp³-hybridized carbons (Fsp3) is 0.0870. The maximum absolute atomic E-state index is 13.5. The quantitative estimate of drug-likeness (QED) is 0.373. The Morgan fingerprint density at radius 2 is 1.84 bits per heavy atom. The fourth-order valence-electron chi connectivity index (χ4n) is 3.87. The summed E-state index contributed by atoms with van der Waals surface area (Å²) in [5.74, 6) is -0.372. The third-order valence-electron chi connectivity index (χ3n) is 5.26. The van der Waals surface area contributed by atoms with Crippen molar-refractivity contribution in [3.63, 3.8) is 0 Å². The normalized spacial score (nSPS) is 15.5. The van der Waals surface area contributed by atoms with Crippen molar-refractivity contribution in [2.45, 2.75) is 12.6 Å². The average Bonchev–Trinajstić information content (AvgIpc) is 3.03. The fourth-order valence-corrected chi connectivity index (χ4v) is 4.35. The summed E-state index contributed by atoms with van der Waals surface area (Å²) in [6.45, 7) is 0.234. The zero-order valence-corrected chi connectivity index (χ0v) is 18.1. The molecule has 1 amide bonds. The minimum Gasteiger partial charge on any atom is -0.450 e. The standard InChI is InChI=1S/C23H13Cl3N2O3/c24-14-4-6-18-15(9-14)21(29)19-20(13-3-5-16(25)17(26)8-13)28(23(30)22(19)31-18)11-12-2-1-7-27-10-12/h1-10,20H,11H2. The van der Waals surface area contributed by atoms with Gasteiger partial charge in [0.1, 0.15) is 5.58 Å². The number of benzene rings is 2. The van der Waals surface area contributed by atoms with E-state index in [4.69, 9.17) is 39.2 Å². The molecule has 5 rings (SSSR count). The second-order valence-electron chi connectivity index (χ2n) is 7.18. The minimum absolute atomic E-state index is 0.0137. The number of carbonyl (C=O) groups excluding carboxylic acids is 1. The third-order valence-corrected chi connectivity index (χ3v) is 6.24. The van der Waals surface area contributed by atoms with Crippen LogP contribution in [0.5, 0.6) is 0 Å². The smallest absolute Gasteiger partial charge is 0.291 e. The molecule has 154 valence electrons. The number of nitrogens with zero attached hydrogens (tertiary/aromatic N) is 2. The first-order chi connectivity index (χ1) is 14.9. The number of pyridine rings is 1. The van der Waals surface area contributed by atoms with Crippen LogP contribution >= 0.6 is 34.8 Å². The number of hydrogen-bond donors (Lipinski definition) is 0. The molecular weight excluding hydrogens is 459 g/mol. The molecule has 3 heterocycles. The Hall–Kier alpha value is -2.86. The summed E-state index contributed by atoms with van der Waals surface area (Å²) < 4.78 is 5.90. The van der Waals surface area contributed by atoms with Crippen molar-refractivity contribution < 1.29 is 9.21 Å². The van der Waals surface area contributed by atoms with Crippen LogP contribution in [0.4, 0.5) is 0 Å². The van der Waals surface area contributed by atoms with E-state index in [1.165, 1.54) is 0 Å². The van der Waals surface area contributed by atoms with Gasteiger partial charge in [-0.15, -0.1) is 0 Å². The number of fused-ring (bicyclic) bond motifs is 2. The number of hydrogen-bond acceptors (Lipinski definition) is 4. The van der Waals surface area contributed by atoms with E-state index in [0.29, 0.717) is 31.6 Å². The lowest BCUT2D eigenvalue weighted by Crippen LogP contribution is -2.29. The molecule has 1 aliphatic rings. The van der Waals surface area contributed by atoms with Crippen LogP contribution in [0.3, 0.4) is 0 Å². The molecule has 0 bridgehead atoms. The highest BCUT2D eigenvalue weighted by molar-refractivity contribution is 6.42. The van der Waals surface area contributed by atoms with Gasteiger partial charge >= 0.3 is 0 Å². The molecular formula is C23H13Cl3N2O3. The van der Waals surface area contributed by atoms with Crippen molar-refractivity contribution in [2.24, 2.45) is 0 Å². The topological polar surface area (TPSA) is 63.4 Å². The van der Waals surface area contributed by atoms with Crippen molar-refractivity contribution in [3.05, 3.63) is 109 Å². The monoisotopic (exact) mass is 470 g/mol. The molecule has 8 heteroatoms. The molecule has 1 aliphatic heterocycles. The van der Waals surface area contributed by atoms with Crippen molar-refractivity contribution in [2.75, 3.05) is 0 Å². The Labute approximate surface area is 191 Å². The van der Waals surface area contributed by atoms with Gasteiger partial charge in [-0.25, -0.2) is 0 Å². The van der Waals surface area contributed by atoms with Crippen molar-refractivity contribution in [1.29, 1.82) is 0 Å².